The summed E-state index contributed by atoms with van der Waals surface area (Å²) in [5.74, 6) is -12.1. The molecule has 106 heavy (non-hydrogen) atoms. The van der Waals surface area contributed by atoms with Gasteiger partial charge in [-0.2, -0.15) is 0 Å². The van der Waals surface area contributed by atoms with Crippen LogP contribution in [0.3, 0.4) is 0 Å². The highest BCUT2D eigenvalue weighted by Gasteiger charge is 2.61. The van der Waals surface area contributed by atoms with Gasteiger partial charge in [0.05, 0.1) is 47.7 Å². The molecule has 23 atom stereocenters. The highest BCUT2D eigenvalue weighted by molar-refractivity contribution is 5.92. The molecule has 572 valence electrons. The third-order valence-corrected chi connectivity index (χ3v) is 16.6. The van der Waals surface area contributed by atoms with Crippen molar-refractivity contribution in [1.29, 1.82) is 0 Å². The van der Waals surface area contributed by atoms with E-state index in [1.54, 1.807) is 48.5 Å². The number of ether oxygens (including phenoxy) is 21. The Balaban J connectivity index is 1.19. The molecule has 0 aromatic heterocycles. The van der Waals surface area contributed by atoms with Crippen molar-refractivity contribution >= 4 is 71.6 Å². The Bertz CT molecular complexity index is 3730. The molecular formula is C72H80O34. The molecule has 4 aromatic rings. The molecule has 0 radical (unpaired) electrons. The standard InChI is InChI=1S/C72H80O34/c1-34-51(100-65(82)45-25-17-12-18-26-45)56(101-66(83)46-27-19-13-20-28-46)63(102-67(84)47-29-21-14-22-30-47)71(89-34)104-54-49(98-64(81)44-23-15-11-16-24-44)32-87-68(85)59(54)106-70-61(96-42(9)79)57(52(35(2)90-70)103-69-60(95-41(8)78)55(93-39(6)76)48(33-88-69)91-37(4)74)105-72-62(97-43(10)80)58(94-40(7)77)53(92-38(5)75)50(99-72)31-86-36(3)73/h11-30,34-35,48-63,68-72,85H,31-33H2,1-10H3/t34-,35+,48-,49+,50-,51+,52+,53-,54+,55+,56+,57-,58+,59-,60-,61-,62-,63-,68+,69+,70+,71+,72+/m1/s1. The number of rotatable bonds is 25. The van der Waals surface area contributed by atoms with Gasteiger partial charge in [0.2, 0.25) is 0 Å². The first kappa shape index (κ1) is 80.2. The molecule has 0 amide bonds. The molecule has 34 heteroatoms. The van der Waals surface area contributed by atoms with Crippen LogP contribution in [0, 0.1) is 0 Å². The first-order chi connectivity index (χ1) is 50.5. The van der Waals surface area contributed by atoms with E-state index in [2.05, 4.69) is 0 Å². The SMILES string of the molecule is CC(=O)OC[C@H]1O[C@@H](O[C@@H]2[C@@H](O[C@@H]3OC[C@@H](OC(C)=O)[C@H](OC(C)=O)[C@H]3OC(C)=O)[C@H](C)O[C@@H](O[C@@H]3[C@@H](O[C@@H]4O[C@H](C)[C@H](OC(=O)c5ccccc5)[C@H](OC(=O)c5ccccc5)[C@H]4OC(=O)c4ccccc4)[C@@H](OC(=O)c4ccccc4)CO[C@@H]3O)[C@@H]2OC(C)=O)[C@H](OC(C)=O)[C@@H](OC(C)=O)[C@@H]1OC(C)=O. The van der Waals surface area contributed by atoms with E-state index < -0.39 is 233 Å². The number of hydrogen-bond acceptors (Lipinski definition) is 34. The van der Waals surface area contributed by atoms with Crippen molar-refractivity contribution in [3.63, 3.8) is 0 Å². The van der Waals surface area contributed by atoms with Gasteiger partial charge in [-0.25, -0.2) is 19.2 Å². The normalized spacial score (nSPS) is 31.3. The minimum Gasteiger partial charge on any atom is -0.463 e. The molecule has 0 aliphatic carbocycles. The van der Waals surface area contributed by atoms with Crippen molar-refractivity contribution in [1.82, 2.24) is 0 Å². The number of carbonyl (C=O) groups is 12. The number of hydrogen-bond donors (Lipinski definition) is 1. The summed E-state index contributed by atoms with van der Waals surface area (Å²) in [4.78, 5) is 162. The van der Waals surface area contributed by atoms with E-state index >= 15 is 0 Å². The van der Waals surface area contributed by atoms with Crippen molar-refractivity contribution in [2.24, 2.45) is 0 Å². The maximum Gasteiger partial charge on any atom is 0.338 e. The molecule has 1 N–H and O–H groups in total. The van der Waals surface area contributed by atoms with Crippen molar-refractivity contribution in [2.75, 3.05) is 19.8 Å². The van der Waals surface area contributed by atoms with Crippen LogP contribution < -0.4 is 0 Å². The van der Waals surface area contributed by atoms with E-state index in [1.807, 2.05) is 0 Å². The van der Waals surface area contributed by atoms with Gasteiger partial charge in [-0.15, -0.1) is 0 Å². The third kappa shape index (κ3) is 21.0. The van der Waals surface area contributed by atoms with Crippen molar-refractivity contribution in [3.05, 3.63) is 144 Å². The van der Waals surface area contributed by atoms with Gasteiger partial charge in [-0.1, -0.05) is 72.8 Å². The molecule has 34 nitrogen and oxygen atoms in total. The first-order valence-corrected chi connectivity index (χ1v) is 33.4. The Hall–Kier alpha value is -9.88. The van der Waals surface area contributed by atoms with Gasteiger partial charge in [0.25, 0.3) is 0 Å². The van der Waals surface area contributed by atoms with E-state index in [1.165, 1.54) is 86.6 Å². The van der Waals surface area contributed by atoms with E-state index in [9.17, 15) is 62.6 Å². The summed E-state index contributed by atoms with van der Waals surface area (Å²) in [7, 11) is 0. The fourth-order valence-corrected chi connectivity index (χ4v) is 12.2. The number of carbonyl (C=O) groups excluding carboxylic acids is 12. The zero-order chi connectivity index (χ0) is 76.6. The monoisotopic (exact) mass is 1490 g/mol. The second-order valence-electron chi connectivity index (χ2n) is 24.7. The second kappa shape index (κ2) is 36.9. The summed E-state index contributed by atoms with van der Waals surface area (Å²) in [5, 5.41) is 12.4. The number of esters is 12. The van der Waals surface area contributed by atoms with Crippen molar-refractivity contribution in [3.8, 4) is 0 Å². The zero-order valence-electron chi connectivity index (χ0n) is 58.9. The van der Waals surface area contributed by atoms with Gasteiger partial charge in [0, 0.05) is 55.4 Å². The fraction of sp³-hybridized carbons (Fsp3) is 0.500. The minimum atomic E-state index is -2.25. The van der Waals surface area contributed by atoms with E-state index in [4.69, 9.17) is 99.5 Å². The van der Waals surface area contributed by atoms with Crippen LogP contribution in [-0.4, -0.2) is 238 Å². The molecule has 5 aliphatic rings. The highest BCUT2D eigenvalue weighted by Crippen LogP contribution is 2.41. The smallest absolute Gasteiger partial charge is 0.338 e. The Morgan fingerprint density at radius 2 is 0.632 bits per heavy atom. The molecule has 5 saturated heterocycles. The van der Waals surface area contributed by atoms with Gasteiger partial charge in [0.15, 0.2) is 98.6 Å². The summed E-state index contributed by atoms with van der Waals surface area (Å²) in [6, 6.07) is 30.2. The lowest BCUT2D eigenvalue weighted by Crippen LogP contribution is -2.69. The number of aliphatic hydroxyl groups excluding tert-OH is 1. The van der Waals surface area contributed by atoms with Crippen LogP contribution in [0.2, 0.25) is 0 Å². The highest BCUT2D eigenvalue weighted by atomic mass is 16.8. The quantitative estimate of drug-likeness (QED) is 0.0733. The predicted molar refractivity (Wildman–Crippen MR) is 347 cm³/mol. The lowest BCUT2D eigenvalue weighted by atomic mass is 9.95. The molecule has 5 heterocycles. The van der Waals surface area contributed by atoms with Crippen molar-refractivity contribution < 1.29 is 162 Å². The van der Waals surface area contributed by atoms with Crippen LogP contribution in [0.5, 0.6) is 0 Å². The van der Waals surface area contributed by atoms with Gasteiger partial charge < -0.3 is 105 Å². The van der Waals surface area contributed by atoms with Crippen LogP contribution in [-0.2, 0) is 138 Å². The molecule has 0 spiro atoms. The second-order valence-corrected chi connectivity index (χ2v) is 24.7. The summed E-state index contributed by atoms with van der Waals surface area (Å²) >= 11 is 0. The molecule has 5 fully saturated rings. The summed E-state index contributed by atoms with van der Waals surface area (Å²) < 4.78 is 129. The molecule has 0 bridgehead atoms. The number of aliphatic hydroxyl groups is 1. The first-order valence-electron chi connectivity index (χ1n) is 33.4. The van der Waals surface area contributed by atoms with Crippen LogP contribution in [0.4, 0.5) is 0 Å². The predicted octanol–water partition coefficient (Wildman–Crippen LogP) is 3.43. The Labute approximate surface area is 605 Å². The summed E-state index contributed by atoms with van der Waals surface area (Å²) in [6.45, 7) is 8.40. The number of benzene rings is 4. The molecule has 5 aliphatic heterocycles. The minimum absolute atomic E-state index is 0.0167. The maximum atomic E-state index is 14.6. The summed E-state index contributed by atoms with van der Waals surface area (Å²) in [6.07, 6.45) is -43.7. The van der Waals surface area contributed by atoms with E-state index in [-0.39, 0.29) is 22.3 Å². The lowest BCUT2D eigenvalue weighted by molar-refractivity contribution is -0.399. The van der Waals surface area contributed by atoms with Crippen LogP contribution in [0.15, 0.2) is 121 Å². The summed E-state index contributed by atoms with van der Waals surface area (Å²) in [5.41, 5.74) is -0.0518. The Kier molecular flexibility index (Phi) is 27.9. The topological polar surface area (TPSA) is 419 Å². The lowest BCUT2D eigenvalue weighted by Gasteiger charge is -2.51. The Morgan fingerprint density at radius 3 is 1.09 bits per heavy atom. The van der Waals surface area contributed by atoms with Gasteiger partial charge in [0.1, 0.15) is 37.1 Å². The molecular weight excluding hydrogens is 1410 g/mol. The van der Waals surface area contributed by atoms with E-state index in [0.717, 1.165) is 55.4 Å². The van der Waals surface area contributed by atoms with Crippen molar-refractivity contribution in [2.45, 2.75) is 211 Å². The van der Waals surface area contributed by atoms with Crippen LogP contribution >= 0.6 is 0 Å². The molecule has 4 aromatic carbocycles. The third-order valence-electron chi connectivity index (χ3n) is 16.6. The van der Waals surface area contributed by atoms with Crippen LogP contribution in [0.1, 0.15) is 111 Å². The average molecular weight is 1490 g/mol. The maximum absolute atomic E-state index is 14.6. The zero-order valence-corrected chi connectivity index (χ0v) is 58.9. The molecule has 0 saturated carbocycles. The van der Waals surface area contributed by atoms with Gasteiger partial charge in [-0.05, 0) is 62.4 Å². The largest absolute Gasteiger partial charge is 0.463 e. The fourth-order valence-electron chi connectivity index (χ4n) is 12.2. The van der Waals surface area contributed by atoms with E-state index in [0.29, 0.717) is 0 Å². The van der Waals surface area contributed by atoms with Gasteiger partial charge in [-0.3, -0.25) is 38.4 Å². The van der Waals surface area contributed by atoms with Gasteiger partial charge >= 0.3 is 71.6 Å². The average Bonchev–Trinajstić information content (AvgIpc) is 0.764. The molecule has 9 rings (SSSR count). The Morgan fingerprint density at radius 1 is 0.311 bits per heavy atom. The molecule has 0 unspecified atom stereocenters. The van der Waals surface area contributed by atoms with Crippen LogP contribution in [0.25, 0.3) is 0 Å².